The second-order valence-electron chi connectivity index (χ2n) is 17.4. The van der Waals surface area contributed by atoms with Crippen molar-refractivity contribution >= 4 is 33.2 Å². The molecule has 57 heavy (non-hydrogen) atoms. The second kappa shape index (κ2) is 14.7. The number of para-hydroxylation sites is 1. The molecule has 8 heteroatoms. The van der Waals surface area contributed by atoms with Crippen molar-refractivity contribution in [3.8, 4) is 23.1 Å². The summed E-state index contributed by atoms with van der Waals surface area (Å²) in [6.45, 7) is 28.6. The molecule has 0 bridgehead atoms. The minimum atomic E-state index is -0.127. The van der Waals surface area contributed by atoms with Gasteiger partial charge in [-0.3, -0.25) is 4.57 Å². The molecule has 7 nitrogen and oxygen atoms in total. The third kappa shape index (κ3) is 7.20. The van der Waals surface area contributed by atoms with Crippen LogP contribution in [0.2, 0.25) is 0 Å². The average molecular weight is 935 g/mol. The predicted octanol–water partition coefficient (Wildman–Crippen LogP) is 12.1. The first kappa shape index (κ1) is 40.1. The van der Waals surface area contributed by atoms with E-state index in [9.17, 15) is 0 Å². The van der Waals surface area contributed by atoms with Gasteiger partial charge in [-0.2, -0.15) is 6.07 Å². The zero-order valence-corrected chi connectivity index (χ0v) is 37.3. The van der Waals surface area contributed by atoms with Crippen LogP contribution in [0.1, 0.15) is 86.1 Å². The van der Waals surface area contributed by atoms with E-state index < -0.39 is 0 Å². The molecule has 1 aliphatic heterocycles. The van der Waals surface area contributed by atoms with Gasteiger partial charge >= 0.3 is 0 Å². The van der Waals surface area contributed by atoms with E-state index in [1.807, 2.05) is 12.4 Å². The van der Waals surface area contributed by atoms with Crippen molar-refractivity contribution in [3.63, 3.8) is 0 Å². The molecule has 296 valence electrons. The first-order valence-electron chi connectivity index (χ1n) is 19.4. The van der Waals surface area contributed by atoms with Crippen LogP contribution in [0.25, 0.3) is 33.4 Å². The van der Waals surface area contributed by atoms with Crippen molar-refractivity contribution in [3.05, 3.63) is 149 Å². The Balaban J connectivity index is 0.00000496. The number of fused-ring (bicyclic) bond motifs is 3. The van der Waals surface area contributed by atoms with Gasteiger partial charge in [-0.1, -0.05) is 77.4 Å². The van der Waals surface area contributed by atoms with Crippen molar-refractivity contribution in [1.82, 2.24) is 19.3 Å². The van der Waals surface area contributed by atoms with Crippen molar-refractivity contribution in [1.29, 1.82) is 0 Å². The Bertz CT molecular complexity index is 2680. The minimum Gasteiger partial charge on any atom is -0.509 e. The summed E-state index contributed by atoms with van der Waals surface area (Å²) in [5, 5.41) is 11.4. The summed E-state index contributed by atoms with van der Waals surface area (Å²) in [7, 11) is 0. The molecule has 0 aliphatic carbocycles. The fraction of sp³-hybridized carbons (Fsp3) is 0.286. The number of ether oxygens (including phenoxy) is 1. The third-order valence-electron chi connectivity index (χ3n) is 11.4. The van der Waals surface area contributed by atoms with Crippen molar-refractivity contribution in [2.24, 2.45) is 0 Å². The Morgan fingerprint density at radius 3 is 2.02 bits per heavy atom. The van der Waals surface area contributed by atoms with Crippen LogP contribution in [0.15, 0.2) is 85.5 Å². The van der Waals surface area contributed by atoms with E-state index in [2.05, 4.69) is 199 Å². The molecule has 0 radical (unpaired) electrons. The minimum absolute atomic E-state index is 0. The molecule has 3 heterocycles. The molecule has 0 amide bonds. The van der Waals surface area contributed by atoms with Crippen molar-refractivity contribution < 1.29 is 25.8 Å². The Hall–Kier alpha value is -5.13. The van der Waals surface area contributed by atoms with E-state index >= 15 is 0 Å². The van der Waals surface area contributed by atoms with Crippen molar-refractivity contribution in [2.75, 3.05) is 9.80 Å². The first-order chi connectivity index (χ1) is 26.5. The summed E-state index contributed by atoms with van der Waals surface area (Å²) in [5.41, 5.74) is 14.9. The number of rotatable bonds is 6. The van der Waals surface area contributed by atoms with E-state index in [-0.39, 0.29) is 31.9 Å². The fourth-order valence-corrected chi connectivity index (χ4v) is 7.82. The summed E-state index contributed by atoms with van der Waals surface area (Å²) in [4.78, 5) is 4.30. The Morgan fingerprint density at radius 1 is 0.649 bits per heavy atom. The number of nitrogens with zero attached hydrogens (tertiary/aromatic N) is 6. The summed E-state index contributed by atoms with van der Waals surface area (Å²) in [6.07, 6.45) is 6.00. The maximum atomic E-state index is 6.72. The molecular formula is C49H51N6OPt-3. The smallest absolute Gasteiger partial charge is 0.238 e. The van der Waals surface area contributed by atoms with Gasteiger partial charge in [0.1, 0.15) is 6.33 Å². The van der Waals surface area contributed by atoms with Gasteiger partial charge in [-0.15, -0.1) is 63.8 Å². The number of benzene rings is 5. The molecule has 5 aromatic carbocycles. The normalized spacial score (nSPS) is 13.3. The number of aryl methyl sites for hydroxylation is 3. The Morgan fingerprint density at radius 2 is 1.32 bits per heavy atom. The van der Waals surface area contributed by atoms with Crippen LogP contribution < -0.4 is 14.5 Å². The molecular weight excluding hydrogens is 884 g/mol. The standard InChI is InChI=1S/C49H51N6O.Pt/c1-30-23-44(35(6)34(5)33(30)4)53-20-19-52(29-53)38-24-37(49(10,11)12)25-40(26-38)56-39-17-18-42-41-15-13-14-16-43(41)55(45(42)27-39)47-51-50-28-54(47)46-31(2)21-36(22-32(46)3)48(7,8)9;/h13-25,28-29H,1-12H3;/q-3;. The number of hydrogen-bond donors (Lipinski definition) is 0. The van der Waals surface area contributed by atoms with Crippen LogP contribution in [0.5, 0.6) is 11.5 Å². The molecule has 0 N–H and O–H groups in total. The van der Waals surface area contributed by atoms with Gasteiger partial charge in [0, 0.05) is 43.8 Å². The van der Waals surface area contributed by atoms with Gasteiger partial charge in [0.05, 0.1) is 5.69 Å². The summed E-state index contributed by atoms with van der Waals surface area (Å²) in [6, 6.07) is 30.9. The van der Waals surface area contributed by atoms with Gasteiger partial charge in [-0.05, 0) is 121 Å². The summed E-state index contributed by atoms with van der Waals surface area (Å²) >= 11 is 0. The van der Waals surface area contributed by atoms with Crippen LogP contribution in [-0.2, 0) is 31.9 Å². The van der Waals surface area contributed by atoms with E-state index in [1.54, 1.807) is 0 Å². The van der Waals surface area contributed by atoms with E-state index in [0.717, 1.165) is 38.7 Å². The zero-order chi connectivity index (χ0) is 39.8. The molecule has 2 aromatic heterocycles. The molecule has 0 spiro atoms. The number of anilines is 2. The average Bonchev–Trinajstić information content (AvgIpc) is 3.89. The predicted molar refractivity (Wildman–Crippen MR) is 231 cm³/mol. The number of aromatic nitrogens is 4. The van der Waals surface area contributed by atoms with E-state index in [4.69, 9.17) is 9.84 Å². The molecule has 0 fully saturated rings. The van der Waals surface area contributed by atoms with Crippen molar-refractivity contribution in [2.45, 2.75) is 93.9 Å². The van der Waals surface area contributed by atoms with E-state index in [0.29, 0.717) is 17.4 Å². The molecule has 1 aliphatic rings. The van der Waals surface area contributed by atoms with Gasteiger partial charge < -0.3 is 19.1 Å². The van der Waals surface area contributed by atoms with Gasteiger partial charge in [0.2, 0.25) is 5.95 Å². The first-order valence-corrected chi connectivity index (χ1v) is 19.4. The number of hydrogen-bond acceptors (Lipinski definition) is 5. The Kier molecular flexibility index (Phi) is 10.3. The van der Waals surface area contributed by atoms with Gasteiger partial charge in [0.25, 0.3) is 0 Å². The molecule has 0 saturated heterocycles. The largest absolute Gasteiger partial charge is 0.509 e. The topological polar surface area (TPSA) is 51.4 Å². The molecule has 0 unspecified atom stereocenters. The van der Waals surface area contributed by atoms with E-state index in [1.165, 1.54) is 44.6 Å². The van der Waals surface area contributed by atoms with Gasteiger partial charge in [-0.25, -0.2) is 0 Å². The summed E-state index contributed by atoms with van der Waals surface area (Å²) < 4.78 is 11.0. The SMILES string of the molecule is Cc1cc(N2C=CN(c3[c-]c(Oc4[c-]c5c(cc4)c4ccccc4n5-c4nncn4-c4c(C)cc(C(C)(C)C)cc4C)cc(C(C)(C)C)c3)[CH-]2)c(C)c(C)c1C.[Pt]. The van der Waals surface area contributed by atoms with Crippen LogP contribution in [0, 0.1) is 60.3 Å². The molecule has 8 rings (SSSR count). The molecule has 0 saturated carbocycles. The maximum absolute atomic E-state index is 6.72. The van der Waals surface area contributed by atoms with Crippen LogP contribution >= 0.6 is 0 Å². The monoisotopic (exact) mass is 934 g/mol. The second-order valence-corrected chi connectivity index (χ2v) is 17.4. The zero-order valence-electron chi connectivity index (χ0n) is 35.1. The molecule has 0 atom stereocenters. The third-order valence-corrected chi connectivity index (χ3v) is 11.4. The molecule has 7 aromatic rings. The van der Waals surface area contributed by atoms with Gasteiger partial charge in [0.15, 0.2) is 0 Å². The fourth-order valence-electron chi connectivity index (χ4n) is 7.82. The Labute approximate surface area is 352 Å². The quantitative estimate of drug-likeness (QED) is 0.156. The summed E-state index contributed by atoms with van der Waals surface area (Å²) in [5.74, 6) is 1.90. The van der Waals surface area contributed by atoms with Crippen LogP contribution in [0.4, 0.5) is 11.4 Å². The van der Waals surface area contributed by atoms with Crippen LogP contribution in [0.3, 0.4) is 0 Å². The maximum Gasteiger partial charge on any atom is 0.238 e. The van der Waals surface area contributed by atoms with Crippen LogP contribution in [-0.4, -0.2) is 19.3 Å².